The summed E-state index contributed by atoms with van der Waals surface area (Å²) >= 11 is 0. The van der Waals surface area contributed by atoms with E-state index in [1.807, 2.05) is 0 Å². The zero-order valence-corrected chi connectivity index (χ0v) is 8.78. The number of aldehydes is 1. The standard InChI is InChI=1S/C11H9F2N3O/c12-11(13)9-4-8(6-1-2-6)14-10-3-7(5-17)15-16(9)10/h3-5,11,14H,1-2H2. The highest BCUT2D eigenvalue weighted by atomic mass is 19.3. The lowest BCUT2D eigenvalue weighted by Crippen LogP contribution is -2.17. The van der Waals surface area contributed by atoms with Crippen molar-refractivity contribution in [1.29, 1.82) is 0 Å². The predicted octanol–water partition coefficient (Wildman–Crippen LogP) is 2.27. The molecule has 2 aliphatic rings. The summed E-state index contributed by atoms with van der Waals surface area (Å²) in [6.07, 6.45) is 1.19. The summed E-state index contributed by atoms with van der Waals surface area (Å²) in [5, 5.41) is 6.81. The molecule has 1 aromatic heterocycles. The molecule has 0 saturated heterocycles. The molecule has 3 rings (SSSR count). The number of fused-ring (bicyclic) bond motifs is 1. The van der Waals surface area contributed by atoms with Gasteiger partial charge >= 0.3 is 0 Å². The first-order valence-corrected chi connectivity index (χ1v) is 5.23. The first-order valence-electron chi connectivity index (χ1n) is 5.23. The molecular weight excluding hydrogens is 228 g/mol. The van der Waals surface area contributed by atoms with Crippen molar-refractivity contribution in [1.82, 2.24) is 9.78 Å². The summed E-state index contributed by atoms with van der Waals surface area (Å²) in [7, 11) is 0. The van der Waals surface area contributed by atoms with Crippen molar-refractivity contribution in [2.24, 2.45) is 0 Å². The van der Waals surface area contributed by atoms with Crippen LogP contribution >= 0.6 is 0 Å². The monoisotopic (exact) mass is 237 g/mol. The van der Waals surface area contributed by atoms with Crippen LogP contribution in [0.25, 0.3) is 5.70 Å². The van der Waals surface area contributed by atoms with E-state index in [9.17, 15) is 13.6 Å². The number of halogens is 2. The largest absolute Gasteiger partial charge is 0.340 e. The summed E-state index contributed by atoms with van der Waals surface area (Å²) < 4.78 is 26.9. The van der Waals surface area contributed by atoms with Crippen LogP contribution in [0.1, 0.15) is 23.3 Å². The highest BCUT2D eigenvalue weighted by molar-refractivity contribution is 5.77. The van der Waals surface area contributed by atoms with Crippen LogP contribution in [-0.4, -0.2) is 22.5 Å². The molecule has 0 radical (unpaired) electrons. The maximum atomic E-state index is 12.9. The third kappa shape index (κ3) is 1.65. The fourth-order valence-corrected chi connectivity index (χ4v) is 1.80. The van der Waals surface area contributed by atoms with Crippen LogP contribution in [0.2, 0.25) is 0 Å². The molecule has 1 saturated carbocycles. The second-order valence-electron chi connectivity index (χ2n) is 4.00. The van der Waals surface area contributed by atoms with Crippen LogP contribution in [0.15, 0.2) is 23.4 Å². The molecule has 0 spiro atoms. The number of nitrogens with one attached hydrogen (secondary N) is 1. The van der Waals surface area contributed by atoms with Crippen molar-refractivity contribution in [3.05, 3.63) is 29.1 Å². The number of allylic oxidation sites excluding steroid dienone is 3. The fraction of sp³-hybridized carbons (Fsp3) is 0.273. The van der Waals surface area contributed by atoms with Gasteiger partial charge in [-0.3, -0.25) is 4.79 Å². The second kappa shape index (κ2) is 3.51. The Labute approximate surface area is 95.6 Å². The van der Waals surface area contributed by atoms with Crippen molar-refractivity contribution in [3.63, 3.8) is 0 Å². The number of anilines is 1. The van der Waals surface area contributed by atoms with E-state index in [0.29, 0.717) is 17.8 Å². The van der Waals surface area contributed by atoms with Crippen molar-refractivity contribution in [2.75, 3.05) is 5.32 Å². The van der Waals surface area contributed by atoms with E-state index >= 15 is 0 Å². The van der Waals surface area contributed by atoms with E-state index in [1.165, 1.54) is 12.1 Å². The molecule has 0 atom stereocenters. The van der Waals surface area contributed by atoms with Gasteiger partial charge in [-0.1, -0.05) is 0 Å². The first kappa shape index (κ1) is 10.2. The molecule has 17 heavy (non-hydrogen) atoms. The van der Waals surface area contributed by atoms with Gasteiger partial charge in [-0.05, 0) is 24.5 Å². The van der Waals surface area contributed by atoms with E-state index in [1.54, 1.807) is 0 Å². The van der Waals surface area contributed by atoms with Crippen molar-refractivity contribution in [2.45, 2.75) is 19.3 Å². The molecule has 88 valence electrons. The Morgan fingerprint density at radius 3 is 2.82 bits per heavy atom. The Balaban J connectivity index is 2.12. The van der Waals surface area contributed by atoms with Crippen LogP contribution in [0, 0.1) is 0 Å². The number of hydrogen-bond acceptors (Lipinski definition) is 3. The normalized spacial score (nSPS) is 17.7. The lowest BCUT2D eigenvalue weighted by molar-refractivity contribution is 0.111. The molecule has 4 nitrogen and oxygen atoms in total. The average molecular weight is 237 g/mol. The lowest BCUT2D eigenvalue weighted by atomic mass is 10.2. The number of carbonyl (C=O) groups is 1. The Morgan fingerprint density at radius 2 is 2.24 bits per heavy atom. The van der Waals surface area contributed by atoms with Crippen LogP contribution < -0.4 is 5.32 Å². The van der Waals surface area contributed by atoms with Gasteiger partial charge in [0.1, 0.15) is 17.2 Å². The van der Waals surface area contributed by atoms with E-state index in [-0.39, 0.29) is 11.4 Å². The highest BCUT2D eigenvalue weighted by Crippen LogP contribution is 2.37. The molecular formula is C11H9F2N3O. The summed E-state index contributed by atoms with van der Waals surface area (Å²) in [5.74, 6) is 0.416. The van der Waals surface area contributed by atoms with Crippen LogP contribution in [0.4, 0.5) is 14.6 Å². The summed E-state index contributed by atoms with van der Waals surface area (Å²) in [6.45, 7) is 0. The van der Waals surface area contributed by atoms with Crippen molar-refractivity contribution in [3.8, 4) is 0 Å². The zero-order valence-electron chi connectivity index (χ0n) is 8.78. The zero-order chi connectivity index (χ0) is 12.0. The third-order valence-corrected chi connectivity index (χ3v) is 2.75. The van der Waals surface area contributed by atoms with E-state index in [4.69, 9.17) is 0 Å². The molecule has 0 aromatic carbocycles. The molecule has 0 amide bonds. The van der Waals surface area contributed by atoms with Gasteiger partial charge in [0, 0.05) is 11.8 Å². The van der Waals surface area contributed by atoms with Crippen LogP contribution in [0.5, 0.6) is 0 Å². The Morgan fingerprint density at radius 1 is 1.47 bits per heavy atom. The Bertz CT molecular complexity index is 551. The molecule has 1 aliphatic carbocycles. The van der Waals surface area contributed by atoms with Gasteiger partial charge in [-0.2, -0.15) is 5.10 Å². The molecule has 6 heteroatoms. The van der Waals surface area contributed by atoms with Crippen LogP contribution in [-0.2, 0) is 0 Å². The number of aromatic nitrogens is 2. The third-order valence-electron chi connectivity index (χ3n) is 2.75. The summed E-state index contributed by atoms with van der Waals surface area (Å²) in [4.78, 5) is 10.6. The van der Waals surface area contributed by atoms with E-state index in [0.717, 1.165) is 23.1 Å². The quantitative estimate of drug-likeness (QED) is 0.802. The minimum Gasteiger partial charge on any atom is -0.340 e. The number of hydrogen-bond donors (Lipinski definition) is 1. The molecule has 0 bridgehead atoms. The average Bonchev–Trinajstić information content (AvgIpc) is 3.07. The predicted molar refractivity (Wildman–Crippen MR) is 57.8 cm³/mol. The molecule has 1 aliphatic heterocycles. The van der Waals surface area contributed by atoms with Gasteiger partial charge in [-0.25, -0.2) is 13.5 Å². The highest BCUT2D eigenvalue weighted by Gasteiger charge is 2.27. The maximum Gasteiger partial charge on any atom is 0.280 e. The molecule has 1 aromatic rings. The van der Waals surface area contributed by atoms with Gasteiger partial charge in [0.15, 0.2) is 6.29 Å². The molecule has 2 heterocycles. The van der Waals surface area contributed by atoms with Gasteiger partial charge in [0.2, 0.25) is 0 Å². The minimum atomic E-state index is -2.62. The smallest absolute Gasteiger partial charge is 0.280 e. The SMILES string of the molecule is O=Cc1cc2n(n1)C(C(F)F)=CC(=C1CC1)N2. The van der Waals surface area contributed by atoms with Gasteiger partial charge in [0.25, 0.3) is 6.43 Å². The number of carbonyl (C=O) groups excluding carboxylic acids is 1. The molecule has 1 fully saturated rings. The Kier molecular flexibility index (Phi) is 2.10. The van der Waals surface area contributed by atoms with E-state index < -0.39 is 6.43 Å². The van der Waals surface area contributed by atoms with Gasteiger partial charge in [0.05, 0.1) is 0 Å². The topological polar surface area (TPSA) is 46.9 Å². The van der Waals surface area contributed by atoms with Crippen molar-refractivity contribution < 1.29 is 13.6 Å². The van der Waals surface area contributed by atoms with Gasteiger partial charge in [-0.15, -0.1) is 0 Å². The summed E-state index contributed by atoms with van der Waals surface area (Å²) in [5.41, 5.74) is 1.79. The number of nitrogens with zero attached hydrogens (tertiary/aromatic N) is 2. The van der Waals surface area contributed by atoms with Crippen LogP contribution in [0.3, 0.4) is 0 Å². The van der Waals surface area contributed by atoms with Crippen molar-refractivity contribution >= 4 is 17.8 Å². The summed E-state index contributed by atoms with van der Waals surface area (Å²) in [6, 6.07) is 1.46. The molecule has 0 unspecified atom stereocenters. The minimum absolute atomic E-state index is 0.140. The van der Waals surface area contributed by atoms with Gasteiger partial charge < -0.3 is 5.32 Å². The number of rotatable bonds is 2. The molecule has 1 N–H and O–H groups in total. The fourth-order valence-electron chi connectivity index (χ4n) is 1.80. The first-order chi connectivity index (χ1) is 8.19. The number of alkyl halides is 2. The maximum absolute atomic E-state index is 12.9. The van der Waals surface area contributed by atoms with E-state index in [2.05, 4.69) is 10.4 Å². The Hall–Kier alpha value is -1.98. The second-order valence-corrected chi connectivity index (χ2v) is 4.00. The lowest BCUT2D eigenvalue weighted by Gasteiger charge is -2.18.